The van der Waals surface area contributed by atoms with Gasteiger partial charge in [-0.05, 0) is 42.3 Å². The topological polar surface area (TPSA) is 90.0 Å². The number of carbonyl (C=O) groups is 1. The molecule has 9 heteroatoms. The van der Waals surface area contributed by atoms with E-state index < -0.39 is 0 Å². The Morgan fingerprint density at radius 3 is 2.45 bits per heavy atom. The molecule has 4 rings (SSSR count). The van der Waals surface area contributed by atoms with Gasteiger partial charge >= 0.3 is 0 Å². The predicted octanol–water partition coefficient (Wildman–Crippen LogP) is 3.45. The summed E-state index contributed by atoms with van der Waals surface area (Å²) in [5.41, 5.74) is 6.95. The zero-order chi connectivity index (χ0) is 21.6. The number of imidazole rings is 1. The highest BCUT2D eigenvalue weighted by molar-refractivity contribution is 7.98. The molecule has 0 fully saturated rings. The molecule has 0 atom stereocenters. The van der Waals surface area contributed by atoms with Gasteiger partial charge in [-0.25, -0.2) is 10.4 Å². The minimum absolute atomic E-state index is 0.248. The third kappa shape index (κ3) is 5.07. The molecule has 2 aromatic heterocycles. The summed E-state index contributed by atoms with van der Waals surface area (Å²) < 4.78 is 3.80. The molecule has 8 nitrogen and oxygen atoms in total. The first kappa shape index (κ1) is 20.5. The number of thioether (sulfide) groups is 1. The summed E-state index contributed by atoms with van der Waals surface area (Å²) in [6, 6.07) is 15.4. The van der Waals surface area contributed by atoms with Crippen LogP contribution in [0.2, 0.25) is 0 Å². The highest BCUT2D eigenvalue weighted by atomic mass is 32.2. The van der Waals surface area contributed by atoms with Gasteiger partial charge in [-0.15, -0.1) is 10.2 Å². The first-order valence-corrected chi connectivity index (χ1v) is 10.6. The highest BCUT2D eigenvalue weighted by Gasteiger charge is 2.07. The number of aryl methyl sites for hydroxylation is 1. The number of amides is 1. The molecule has 0 bridgehead atoms. The Hall–Kier alpha value is -3.72. The third-order valence-corrected chi connectivity index (χ3v) is 5.77. The summed E-state index contributed by atoms with van der Waals surface area (Å²) in [5, 5.41) is 13.0. The van der Waals surface area contributed by atoms with Crippen molar-refractivity contribution in [2.24, 2.45) is 12.1 Å². The van der Waals surface area contributed by atoms with Crippen LogP contribution in [0.1, 0.15) is 28.4 Å². The summed E-state index contributed by atoms with van der Waals surface area (Å²) in [6.07, 6.45) is 7.04. The van der Waals surface area contributed by atoms with Crippen LogP contribution < -0.4 is 5.43 Å². The number of hydrazone groups is 1. The zero-order valence-electron chi connectivity index (χ0n) is 17.1. The summed E-state index contributed by atoms with van der Waals surface area (Å²) in [7, 11) is 1.91. The second-order valence-electron chi connectivity index (χ2n) is 6.86. The van der Waals surface area contributed by atoms with Crippen molar-refractivity contribution in [2.45, 2.75) is 17.8 Å². The molecule has 2 aromatic carbocycles. The molecule has 0 aliphatic rings. The van der Waals surface area contributed by atoms with Crippen LogP contribution in [-0.4, -0.2) is 35.9 Å². The lowest BCUT2D eigenvalue weighted by Gasteiger charge is -2.06. The van der Waals surface area contributed by atoms with Gasteiger partial charge in [0.1, 0.15) is 6.33 Å². The summed E-state index contributed by atoms with van der Waals surface area (Å²) >= 11 is 1.59. The largest absolute Gasteiger partial charge is 0.312 e. The maximum Gasteiger partial charge on any atom is 0.271 e. The smallest absolute Gasteiger partial charge is 0.271 e. The molecule has 1 N–H and O–H groups in total. The van der Waals surface area contributed by atoms with Crippen LogP contribution in [0, 0.1) is 0 Å². The number of carbonyl (C=O) groups excluding carboxylic acids is 1. The van der Waals surface area contributed by atoms with Crippen molar-refractivity contribution in [1.82, 2.24) is 29.7 Å². The first-order valence-electron chi connectivity index (χ1n) is 9.59. The average molecular weight is 432 g/mol. The minimum atomic E-state index is -0.248. The van der Waals surface area contributed by atoms with Crippen LogP contribution in [-0.2, 0) is 12.8 Å². The molecule has 0 spiro atoms. The van der Waals surface area contributed by atoms with E-state index in [9.17, 15) is 4.79 Å². The lowest BCUT2D eigenvalue weighted by Crippen LogP contribution is -2.19. The normalized spacial score (nSPS) is 11.5. The number of aromatic nitrogens is 5. The maximum absolute atomic E-state index is 12.4. The molecule has 0 saturated heterocycles. The molecule has 4 aromatic rings. The van der Waals surface area contributed by atoms with E-state index in [2.05, 4.69) is 25.7 Å². The molecule has 0 radical (unpaired) electrons. The Kier molecular flexibility index (Phi) is 6.23. The molecule has 0 aliphatic heterocycles. The maximum atomic E-state index is 12.4. The average Bonchev–Trinajstić information content (AvgIpc) is 3.48. The van der Waals surface area contributed by atoms with Crippen molar-refractivity contribution in [1.29, 1.82) is 0 Å². The van der Waals surface area contributed by atoms with Gasteiger partial charge in [-0.1, -0.05) is 36.0 Å². The number of hydrogen-bond donors (Lipinski definition) is 1. The van der Waals surface area contributed by atoms with Gasteiger partial charge in [0.15, 0.2) is 5.16 Å². The van der Waals surface area contributed by atoms with E-state index in [1.807, 2.05) is 65.7 Å². The monoisotopic (exact) mass is 431 g/mol. The van der Waals surface area contributed by atoms with Crippen LogP contribution in [0.4, 0.5) is 0 Å². The van der Waals surface area contributed by atoms with Crippen LogP contribution in [0.3, 0.4) is 0 Å². The Morgan fingerprint density at radius 1 is 1.06 bits per heavy atom. The van der Waals surface area contributed by atoms with Crippen molar-refractivity contribution >= 4 is 23.4 Å². The summed E-state index contributed by atoms with van der Waals surface area (Å²) in [5.74, 6) is 0.503. The van der Waals surface area contributed by atoms with Crippen LogP contribution >= 0.6 is 11.8 Å². The molecule has 0 aliphatic carbocycles. The predicted molar refractivity (Wildman–Crippen MR) is 120 cm³/mol. The molecule has 0 unspecified atom stereocenters. The Balaban J connectivity index is 1.34. The van der Waals surface area contributed by atoms with Crippen LogP contribution in [0.25, 0.3) is 5.69 Å². The number of nitrogens with one attached hydrogen (secondary N) is 1. The Labute approximate surface area is 184 Å². The van der Waals surface area contributed by atoms with Crippen LogP contribution in [0.15, 0.2) is 83.8 Å². The van der Waals surface area contributed by atoms with Gasteiger partial charge in [-0.3, -0.25) is 4.79 Å². The molecule has 156 valence electrons. The number of rotatable bonds is 7. The van der Waals surface area contributed by atoms with Gasteiger partial charge in [0, 0.05) is 36.4 Å². The van der Waals surface area contributed by atoms with Gasteiger partial charge in [0.25, 0.3) is 5.91 Å². The first-order chi connectivity index (χ1) is 15.1. The fourth-order valence-electron chi connectivity index (χ4n) is 2.85. The molecule has 2 heterocycles. The quantitative estimate of drug-likeness (QED) is 0.275. The van der Waals surface area contributed by atoms with Crippen molar-refractivity contribution < 1.29 is 4.79 Å². The minimum Gasteiger partial charge on any atom is -0.312 e. The summed E-state index contributed by atoms with van der Waals surface area (Å²) in [4.78, 5) is 16.5. The van der Waals surface area contributed by atoms with Crippen molar-refractivity contribution in [3.05, 3.63) is 90.3 Å². The highest BCUT2D eigenvalue weighted by Crippen LogP contribution is 2.20. The molecule has 0 saturated carbocycles. The van der Waals surface area contributed by atoms with Gasteiger partial charge in [0.05, 0.1) is 12.0 Å². The molecule has 1 amide bonds. The third-order valence-electron chi connectivity index (χ3n) is 4.67. The van der Waals surface area contributed by atoms with Crippen LogP contribution in [0.5, 0.6) is 0 Å². The van der Waals surface area contributed by atoms with E-state index in [1.54, 1.807) is 42.7 Å². The lowest BCUT2D eigenvalue weighted by molar-refractivity contribution is 0.0955. The van der Waals surface area contributed by atoms with E-state index >= 15 is 0 Å². The van der Waals surface area contributed by atoms with E-state index in [0.29, 0.717) is 5.56 Å². The molecular weight excluding hydrogens is 410 g/mol. The van der Waals surface area contributed by atoms with Crippen molar-refractivity contribution in [3.8, 4) is 5.69 Å². The fraction of sp³-hybridized carbons (Fsp3) is 0.136. The standard InChI is InChI=1S/C22H21N7OS/c1-16(18-7-9-20(10-8-18)29-12-11-23-14-29)25-26-21(30)19-5-3-17(4-6-19)13-31-22-27-24-15-28(22)2/h3-12,14-15H,13H2,1-2H3,(H,26,30)/b25-16+. The van der Waals surface area contributed by atoms with E-state index in [1.165, 1.54) is 0 Å². The Morgan fingerprint density at radius 2 is 1.81 bits per heavy atom. The van der Waals surface area contributed by atoms with E-state index in [4.69, 9.17) is 0 Å². The fourth-order valence-corrected chi connectivity index (χ4v) is 3.70. The number of nitrogens with zero attached hydrogens (tertiary/aromatic N) is 6. The van der Waals surface area contributed by atoms with Crippen molar-refractivity contribution in [2.75, 3.05) is 0 Å². The SMILES string of the molecule is C/C(=N\NC(=O)c1ccc(CSc2nncn2C)cc1)c1ccc(-n2ccnc2)cc1. The summed E-state index contributed by atoms with van der Waals surface area (Å²) in [6.45, 7) is 1.86. The molecule has 31 heavy (non-hydrogen) atoms. The number of benzene rings is 2. The second kappa shape index (κ2) is 9.40. The van der Waals surface area contributed by atoms with Gasteiger partial charge in [0.2, 0.25) is 0 Å². The van der Waals surface area contributed by atoms with Gasteiger partial charge in [-0.2, -0.15) is 5.10 Å². The number of hydrogen-bond acceptors (Lipinski definition) is 6. The molecular formula is C22H21N7OS. The van der Waals surface area contributed by atoms with E-state index in [-0.39, 0.29) is 5.91 Å². The Bertz CT molecular complexity index is 1180. The second-order valence-corrected chi connectivity index (χ2v) is 7.81. The zero-order valence-corrected chi connectivity index (χ0v) is 18.0. The van der Waals surface area contributed by atoms with Crippen molar-refractivity contribution in [3.63, 3.8) is 0 Å². The van der Waals surface area contributed by atoms with Gasteiger partial charge < -0.3 is 9.13 Å². The lowest BCUT2D eigenvalue weighted by atomic mass is 10.1. The van der Waals surface area contributed by atoms with E-state index in [0.717, 1.165) is 33.4 Å².